The van der Waals surface area contributed by atoms with Crippen molar-refractivity contribution in [3.63, 3.8) is 0 Å². The zero-order valence-corrected chi connectivity index (χ0v) is 22.2. The Morgan fingerprint density at radius 1 is 0.629 bits per heavy atom. The Morgan fingerprint density at radius 3 is 1.49 bits per heavy atom. The second kappa shape index (κ2) is 14.2. The summed E-state index contributed by atoms with van der Waals surface area (Å²) < 4.78 is 17.7. The lowest BCUT2D eigenvalue weighted by molar-refractivity contribution is -1.00. The Labute approximate surface area is 221 Å². The van der Waals surface area contributed by atoms with E-state index in [-0.39, 0.29) is 30.9 Å². The summed E-state index contributed by atoms with van der Waals surface area (Å²) in [5, 5.41) is 0. The van der Waals surface area contributed by atoms with E-state index < -0.39 is 0 Å². The Kier molecular flexibility index (Phi) is 11.7. The molecule has 1 fully saturated rings. The minimum Gasteiger partial charge on any atom is -1.00 e. The van der Waals surface area contributed by atoms with Gasteiger partial charge < -0.3 is 43.9 Å². The van der Waals surface area contributed by atoms with Crippen LogP contribution in [0.1, 0.15) is 11.1 Å². The molecule has 0 radical (unpaired) electrons. The van der Waals surface area contributed by atoms with Crippen LogP contribution >= 0.6 is 0 Å². The maximum atomic E-state index is 6.20. The molecule has 35 heavy (non-hydrogen) atoms. The lowest BCUT2D eigenvalue weighted by Crippen LogP contribution is -3.28. The van der Waals surface area contributed by atoms with Gasteiger partial charge in [0.1, 0.15) is 62.3 Å². The Morgan fingerprint density at radius 2 is 1.06 bits per heavy atom. The zero-order valence-electron chi connectivity index (χ0n) is 20.7. The third-order valence-corrected chi connectivity index (χ3v) is 6.52. The molecule has 190 valence electrons. The number of aryl methyl sites for hydroxylation is 2. The smallest absolute Gasteiger partial charge is 0.157 e. The van der Waals surface area contributed by atoms with Crippen molar-refractivity contribution in [2.24, 2.45) is 0 Å². The normalized spacial score (nSPS) is 17.1. The standard InChI is InChI=1S/C28H34N2O3.2ClH/c1-22-4-10-27(11-5-22)32-20-25(21-33-28-12-6-23(2)7-13-28)30-18-16-29(17-19-30)24-8-14-26(31-3)15-9-24;;/h4-15,25H,16-21H2,1-3H3;2*1H. The van der Waals surface area contributed by atoms with Crippen molar-refractivity contribution >= 4 is 5.69 Å². The molecule has 0 aromatic heterocycles. The number of methoxy groups -OCH3 is 1. The van der Waals surface area contributed by atoms with Gasteiger partial charge in [-0.3, -0.25) is 4.90 Å². The van der Waals surface area contributed by atoms with Crippen molar-refractivity contribution < 1.29 is 48.8 Å². The summed E-state index contributed by atoms with van der Waals surface area (Å²) in [5.41, 5.74) is 3.81. The number of benzene rings is 3. The second-order valence-corrected chi connectivity index (χ2v) is 8.94. The second-order valence-electron chi connectivity index (χ2n) is 8.94. The summed E-state index contributed by atoms with van der Waals surface area (Å²) >= 11 is 0. The minimum atomic E-state index is 0. The highest BCUT2D eigenvalue weighted by Crippen LogP contribution is 2.14. The molecule has 0 saturated carbocycles. The van der Waals surface area contributed by atoms with Gasteiger partial charge >= 0.3 is 0 Å². The molecule has 0 atom stereocenters. The van der Waals surface area contributed by atoms with E-state index in [1.807, 2.05) is 24.3 Å². The minimum absolute atomic E-state index is 0. The van der Waals surface area contributed by atoms with E-state index in [1.165, 1.54) is 21.7 Å². The van der Waals surface area contributed by atoms with E-state index in [0.29, 0.717) is 13.2 Å². The molecule has 1 heterocycles. The largest absolute Gasteiger partial charge is 1.00 e. The maximum Gasteiger partial charge on any atom is 0.157 e. The predicted molar refractivity (Wildman–Crippen MR) is 131 cm³/mol. The fourth-order valence-corrected chi connectivity index (χ4v) is 4.34. The Hall–Kier alpha value is -2.44. The van der Waals surface area contributed by atoms with E-state index in [0.717, 1.165) is 43.4 Å². The molecule has 0 bridgehead atoms. The Balaban J connectivity index is 0.00000216. The summed E-state index contributed by atoms with van der Waals surface area (Å²) in [5.74, 6) is 2.75. The first kappa shape index (κ1) is 28.8. The number of rotatable bonds is 9. The first-order valence-corrected chi connectivity index (χ1v) is 11.8. The fourth-order valence-electron chi connectivity index (χ4n) is 4.34. The fraction of sp³-hybridized carbons (Fsp3) is 0.357. The summed E-state index contributed by atoms with van der Waals surface area (Å²) in [6, 6.07) is 25.3. The molecule has 0 amide bonds. The van der Waals surface area contributed by atoms with E-state index in [1.54, 1.807) is 12.0 Å². The van der Waals surface area contributed by atoms with Gasteiger partial charge in [-0.05, 0) is 50.2 Å². The average Bonchev–Trinajstić information content (AvgIpc) is 2.86. The van der Waals surface area contributed by atoms with Crippen LogP contribution in [0.4, 0.5) is 5.69 Å². The highest BCUT2D eigenvalue weighted by molar-refractivity contribution is 5.35. The van der Waals surface area contributed by atoms with Gasteiger partial charge in [0.25, 0.3) is 0 Å². The monoisotopic (exact) mass is 518 g/mol. The maximum absolute atomic E-state index is 6.20. The van der Waals surface area contributed by atoms with E-state index in [2.05, 4.69) is 62.4 Å². The van der Waals surface area contributed by atoms with Gasteiger partial charge in [0.15, 0.2) is 6.04 Å². The molecule has 5 nitrogen and oxygen atoms in total. The van der Waals surface area contributed by atoms with E-state index in [9.17, 15) is 0 Å². The number of halogens is 2. The predicted octanol–water partition coefficient (Wildman–Crippen LogP) is -3.74. The van der Waals surface area contributed by atoms with Crippen LogP contribution < -0.4 is 48.8 Å². The average molecular weight is 520 g/mol. The van der Waals surface area contributed by atoms with Crippen LogP contribution in [0.25, 0.3) is 0 Å². The molecule has 0 unspecified atom stereocenters. The van der Waals surface area contributed by atoms with Crippen molar-refractivity contribution in [3.8, 4) is 17.2 Å². The van der Waals surface area contributed by atoms with Gasteiger partial charge in [0.05, 0.1) is 7.11 Å². The molecule has 3 aromatic carbocycles. The highest BCUT2D eigenvalue weighted by atomic mass is 35.5. The van der Waals surface area contributed by atoms with E-state index >= 15 is 0 Å². The van der Waals surface area contributed by atoms with Crippen LogP contribution in [0, 0.1) is 13.8 Å². The van der Waals surface area contributed by atoms with E-state index in [4.69, 9.17) is 14.2 Å². The van der Waals surface area contributed by atoms with Crippen molar-refractivity contribution in [3.05, 3.63) is 83.9 Å². The van der Waals surface area contributed by atoms with Crippen molar-refractivity contribution in [2.75, 3.05) is 46.5 Å². The van der Waals surface area contributed by atoms with Gasteiger partial charge in [-0.25, -0.2) is 0 Å². The number of hydrogen-bond acceptors (Lipinski definition) is 3. The number of ether oxygens (including phenoxy) is 3. The first-order valence-electron chi connectivity index (χ1n) is 11.8. The van der Waals surface area contributed by atoms with Crippen LogP contribution in [0.5, 0.6) is 17.2 Å². The molecule has 1 aliphatic heterocycles. The molecule has 7 heteroatoms. The molecule has 3 aromatic rings. The van der Waals surface area contributed by atoms with Crippen molar-refractivity contribution in [1.82, 2.24) is 0 Å². The van der Waals surface area contributed by atoms with Crippen molar-refractivity contribution in [2.45, 2.75) is 19.9 Å². The Bertz CT molecular complexity index is 941. The van der Waals surface area contributed by atoms with Gasteiger partial charge in [0, 0.05) is 12.1 Å². The summed E-state index contributed by atoms with van der Waals surface area (Å²) in [6.45, 7) is 9.82. The summed E-state index contributed by atoms with van der Waals surface area (Å²) in [7, 11) is 1.71. The zero-order chi connectivity index (χ0) is 23.0. The first-order chi connectivity index (χ1) is 16.1. The molecule has 0 aliphatic carbocycles. The van der Waals surface area contributed by atoms with Crippen LogP contribution in [0.2, 0.25) is 0 Å². The van der Waals surface area contributed by atoms with Crippen LogP contribution in [0.15, 0.2) is 72.8 Å². The molecule has 1 aliphatic rings. The molecular formula is C28H36Cl2N2O3. The van der Waals surface area contributed by atoms with Gasteiger partial charge in [-0.2, -0.15) is 0 Å². The van der Waals surface area contributed by atoms with Crippen LogP contribution in [0.3, 0.4) is 0 Å². The number of quaternary nitrogens is 2. The van der Waals surface area contributed by atoms with Gasteiger partial charge in [-0.15, -0.1) is 0 Å². The third kappa shape index (κ3) is 8.32. The highest BCUT2D eigenvalue weighted by Gasteiger charge is 2.31. The molecule has 2 N–H and O–H groups in total. The van der Waals surface area contributed by atoms with Crippen LogP contribution in [-0.4, -0.2) is 52.5 Å². The van der Waals surface area contributed by atoms with Crippen molar-refractivity contribution in [1.29, 1.82) is 0 Å². The SMILES string of the molecule is COc1ccc([NH+]2CC[NH+](C(COc3ccc(C)cc3)COc3ccc(C)cc3)CC2)cc1.[Cl-].[Cl-]. The molecule has 1 saturated heterocycles. The molecular weight excluding hydrogens is 483 g/mol. The number of piperazine rings is 1. The van der Waals surface area contributed by atoms with Crippen LogP contribution in [-0.2, 0) is 0 Å². The quantitative estimate of drug-likeness (QED) is 0.305. The summed E-state index contributed by atoms with van der Waals surface area (Å²) in [6.07, 6.45) is 0. The summed E-state index contributed by atoms with van der Waals surface area (Å²) in [4.78, 5) is 3.07. The number of nitrogens with one attached hydrogen (secondary N) is 2. The lowest BCUT2D eigenvalue weighted by Gasteiger charge is -2.34. The van der Waals surface area contributed by atoms with Gasteiger partial charge in [0.2, 0.25) is 0 Å². The molecule has 4 rings (SSSR count). The number of hydrogen-bond donors (Lipinski definition) is 2. The topological polar surface area (TPSA) is 36.6 Å². The third-order valence-electron chi connectivity index (χ3n) is 6.52. The van der Waals surface area contributed by atoms with Gasteiger partial charge in [-0.1, -0.05) is 35.4 Å². The lowest BCUT2D eigenvalue weighted by atomic mass is 10.2. The molecule has 0 spiro atoms.